The number of nitrogens with one attached hydrogen (secondary N) is 1. The normalized spacial score (nSPS) is 17.8. The number of nitriles is 2. The van der Waals surface area contributed by atoms with Crippen molar-refractivity contribution < 1.29 is 18.3 Å². The second kappa shape index (κ2) is 12.3. The van der Waals surface area contributed by atoms with Gasteiger partial charge in [0.15, 0.2) is 16.8 Å². The summed E-state index contributed by atoms with van der Waals surface area (Å²) in [5.41, 5.74) is 1.26. The number of halogens is 3. The monoisotopic (exact) mass is 716 g/mol. The largest absolute Gasteiger partial charge is 0.444 e. The highest BCUT2D eigenvalue weighted by atomic mass is 35.5. The highest BCUT2D eigenvalue weighted by Crippen LogP contribution is 2.53. The third kappa shape index (κ3) is 6.27. The third-order valence-electron chi connectivity index (χ3n) is 8.47. The summed E-state index contributed by atoms with van der Waals surface area (Å²) in [5.74, 6) is -2.73. The maximum atomic E-state index is 15.5. The van der Waals surface area contributed by atoms with Crippen LogP contribution >= 0.6 is 34.7 Å². The molecule has 1 spiro atoms. The van der Waals surface area contributed by atoms with Crippen molar-refractivity contribution in [2.24, 2.45) is 0 Å². The van der Waals surface area contributed by atoms with E-state index in [1.54, 1.807) is 27.0 Å². The van der Waals surface area contributed by atoms with E-state index >= 15 is 8.78 Å². The molecule has 3 aromatic rings. The highest BCUT2D eigenvalue weighted by molar-refractivity contribution is 7.98. The van der Waals surface area contributed by atoms with Gasteiger partial charge in [-0.05, 0) is 59.5 Å². The molecule has 3 aromatic heterocycles. The molecule has 0 saturated carbocycles. The van der Waals surface area contributed by atoms with Gasteiger partial charge in [0.25, 0.3) is 5.92 Å². The Hall–Kier alpha value is -3.70. The van der Waals surface area contributed by atoms with Gasteiger partial charge >= 0.3 is 6.09 Å². The predicted octanol–water partition coefficient (Wildman–Crippen LogP) is 5.62. The van der Waals surface area contributed by atoms with Crippen LogP contribution in [0, 0.1) is 22.7 Å². The van der Waals surface area contributed by atoms with Crippen LogP contribution in [0.5, 0.6) is 0 Å². The quantitative estimate of drug-likeness (QED) is 0.251. The van der Waals surface area contributed by atoms with Gasteiger partial charge in [0.2, 0.25) is 0 Å². The summed E-state index contributed by atoms with van der Waals surface area (Å²) >= 11 is 9.33. The zero-order valence-corrected chi connectivity index (χ0v) is 29.8. The van der Waals surface area contributed by atoms with Crippen LogP contribution < -0.4 is 15.1 Å². The first-order chi connectivity index (χ1) is 22.6. The minimum atomic E-state index is -3.19. The molecule has 12 nitrogen and oxygen atoms in total. The van der Waals surface area contributed by atoms with Crippen LogP contribution in [0.1, 0.15) is 60.1 Å². The van der Waals surface area contributed by atoms with Gasteiger partial charge in [0.1, 0.15) is 34.8 Å². The molecule has 0 atom stereocenters. The topological polar surface area (TPSA) is 139 Å². The molecule has 1 saturated heterocycles. The maximum Gasteiger partial charge on any atom is 0.412 e. The van der Waals surface area contributed by atoms with Crippen LogP contribution in [-0.4, -0.2) is 82.3 Å². The van der Waals surface area contributed by atoms with Gasteiger partial charge in [-0.25, -0.2) is 23.5 Å². The van der Waals surface area contributed by atoms with Crippen molar-refractivity contribution in [1.29, 1.82) is 10.5 Å². The molecule has 1 amide bonds. The molecule has 0 aromatic carbocycles. The van der Waals surface area contributed by atoms with E-state index in [-0.39, 0.29) is 23.3 Å². The number of thioether (sulfide) groups is 1. The number of carbonyl (C=O) groups excluding carboxylic acids is 1. The molecule has 254 valence electrons. The van der Waals surface area contributed by atoms with Crippen LogP contribution in [0.2, 0.25) is 5.02 Å². The molecule has 3 aliphatic rings. The lowest BCUT2D eigenvalue weighted by molar-refractivity contribution is -0.00844. The predicted molar refractivity (Wildman–Crippen MR) is 180 cm³/mol. The summed E-state index contributed by atoms with van der Waals surface area (Å²) in [4.78, 5) is 28.0. The summed E-state index contributed by atoms with van der Waals surface area (Å²) in [7, 11) is 3.69. The Kier molecular flexibility index (Phi) is 8.77. The Morgan fingerprint density at radius 1 is 1.12 bits per heavy atom. The first kappa shape index (κ1) is 34.2. The zero-order valence-electron chi connectivity index (χ0n) is 27.4. The summed E-state index contributed by atoms with van der Waals surface area (Å²) in [5, 5.41) is 28.9. The molecule has 48 heavy (non-hydrogen) atoms. The van der Waals surface area contributed by atoms with E-state index in [0.717, 1.165) is 23.3 Å². The van der Waals surface area contributed by atoms with E-state index in [2.05, 4.69) is 32.5 Å². The van der Waals surface area contributed by atoms with E-state index in [9.17, 15) is 15.3 Å². The standard InChI is InChI=1S/C31H35ClF2N10O2S2/c1-29(2,3)46-28(45)39-26-17(9-35)22-21(48-26)7-8-30(22)13-43(14-30)25-18(10-36)24(37-27(38-25)47-6)42-12-20-23(32)19(11-41(4)5)40-44(20)16-31(33,34)15-42/h7-8,11-16H2,1-6H3,(H,39,45). The lowest BCUT2D eigenvalue weighted by atomic mass is 9.74. The number of hydrogen-bond donors (Lipinski definition) is 1. The van der Waals surface area contributed by atoms with Gasteiger partial charge < -0.3 is 19.4 Å². The fraction of sp³-hybridized carbons (Fsp3) is 0.548. The van der Waals surface area contributed by atoms with Crippen LogP contribution in [0.3, 0.4) is 0 Å². The average molecular weight is 717 g/mol. The Bertz CT molecular complexity index is 1870. The van der Waals surface area contributed by atoms with E-state index in [1.165, 1.54) is 32.7 Å². The number of aryl methyl sites for hydroxylation is 1. The number of aromatic nitrogens is 4. The lowest BCUT2D eigenvalue weighted by Gasteiger charge is -2.49. The summed E-state index contributed by atoms with van der Waals surface area (Å²) in [6, 6.07) is 4.50. The molecule has 1 fully saturated rings. The van der Waals surface area contributed by atoms with Crippen LogP contribution in [0.15, 0.2) is 5.16 Å². The van der Waals surface area contributed by atoms with Crippen LogP contribution in [-0.2, 0) is 36.2 Å². The van der Waals surface area contributed by atoms with Crippen molar-refractivity contribution in [3.8, 4) is 12.1 Å². The van der Waals surface area contributed by atoms with Crippen molar-refractivity contribution in [3.05, 3.63) is 38.0 Å². The number of carbonyl (C=O) groups is 1. The Morgan fingerprint density at radius 3 is 2.40 bits per heavy atom. The lowest BCUT2D eigenvalue weighted by Crippen LogP contribution is -2.59. The van der Waals surface area contributed by atoms with Gasteiger partial charge in [-0.2, -0.15) is 15.6 Å². The molecule has 0 unspecified atom stereocenters. The Labute approximate surface area is 290 Å². The number of rotatable bonds is 6. The fourth-order valence-electron chi connectivity index (χ4n) is 6.65. The number of ether oxygens (including phenoxy) is 1. The van der Waals surface area contributed by atoms with Crippen molar-refractivity contribution in [3.63, 3.8) is 0 Å². The molecular weight excluding hydrogens is 682 g/mol. The van der Waals surface area contributed by atoms with Gasteiger partial charge in [0, 0.05) is 29.9 Å². The number of alkyl halides is 2. The van der Waals surface area contributed by atoms with E-state index in [1.807, 2.05) is 23.9 Å². The van der Waals surface area contributed by atoms with E-state index < -0.39 is 30.7 Å². The van der Waals surface area contributed by atoms with Crippen molar-refractivity contribution in [2.75, 3.05) is 55.1 Å². The SMILES string of the molecule is CSc1nc(N2Cc3c(Cl)c(CN(C)C)nn3CC(F)(F)C2)c(C#N)c(N2CC3(CCc4sc(NC(=O)OC(C)(C)C)c(C#N)c43)C2)n1. The second-order valence-electron chi connectivity index (χ2n) is 13.6. The van der Waals surface area contributed by atoms with Gasteiger partial charge in [0.05, 0.1) is 35.1 Å². The van der Waals surface area contributed by atoms with Crippen LogP contribution in [0.25, 0.3) is 0 Å². The molecule has 17 heteroatoms. The summed E-state index contributed by atoms with van der Waals surface area (Å²) < 4.78 is 37.6. The number of anilines is 3. The molecule has 2 aliphatic heterocycles. The minimum Gasteiger partial charge on any atom is -0.444 e. The highest BCUT2D eigenvalue weighted by Gasteiger charge is 2.53. The van der Waals surface area contributed by atoms with Gasteiger partial charge in [-0.1, -0.05) is 23.4 Å². The molecule has 0 radical (unpaired) electrons. The number of hydrogen-bond acceptors (Lipinski definition) is 12. The van der Waals surface area contributed by atoms with E-state index in [0.29, 0.717) is 57.6 Å². The van der Waals surface area contributed by atoms with Gasteiger partial charge in [-0.3, -0.25) is 10.00 Å². The van der Waals surface area contributed by atoms with E-state index in [4.69, 9.17) is 16.3 Å². The molecule has 1 N–H and O–H groups in total. The first-order valence-electron chi connectivity index (χ1n) is 15.3. The average Bonchev–Trinajstić information content (AvgIpc) is 3.56. The van der Waals surface area contributed by atoms with Crippen LogP contribution in [0.4, 0.5) is 30.2 Å². The fourth-order valence-corrected chi connectivity index (χ4v) is 8.51. The zero-order chi connectivity index (χ0) is 34.8. The number of thiophene rings is 1. The first-order valence-corrected chi connectivity index (χ1v) is 17.7. The number of fused-ring (bicyclic) bond motifs is 3. The summed E-state index contributed by atoms with van der Waals surface area (Å²) in [6.45, 7) is 5.26. The Morgan fingerprint density at radius 2 is 1.79 bits per heavy atom. The third-order valence-corrected chi connectivity index (χ3v) is 10.6. The molecule has 1 aliphatic carbocycles. The maximum absolute atomic E-state index is 15.5. The van der Waals surface area contributed by atoms with Crippen molar-refractivity contribution in [2.45, 2.75) is 75.3 Å². The molecular formula is C31H35ClF2N10O2S2. The Balaban J connectivity index is 1.32. The smallest absolute Gasteiger partial charge is 0.412 e. The molecule has 0 bridgehead atoms. The summed E-state index contributed by atoms with van der Waals surface area (Å²) in [6.07, 6.45) is 2.69. The molecule has 5 heterocycles. The number of amides is 1. The van der Waals surface area contributed by atoms with Crippen molar-refractivity contribution in [1.82, 2.24) is 24.6 Å². The second-order valence-corrected chi connectivity index (χ2v) is 15.9. The molecule has 6 rings (SSSR count). The van der Waals surface area contributed by atoms with Gasteiger partial charge in [-0.15, -0.1) is 11.3 Å². The number of nitrogens with zero attached hydrogens (tertiary/aromatic N) is 9. The minimum absolute atomic E-state index is 0.0189. The van der Waals surface area contributed by atoms with Crippen molar-refractivity contribution >= 4 is 57.4 Å².